The van der Waals surface area contributed by atoms with Gasteiger partial charge in [0, 0.05) is 12.3 Å². The Morgan fingerprint density at radius 1 is 1.33 bits per heavy atom. The number of carbonyl (C=O) groups is 2. The zero-order valence-electron chi connectivity index (χ0n) is 10.1. The van der Waals surface area contributed by atoms with Gasteiger partial charge in [0.2, 0.25) is 11.8 Å². The zero-order chi connectivity index (χ0) is 14.5. The third kappa shape index (κ3) is 5.85. The van der Waals surface area contributed by atoms with Crippen molar-refractivity contribution in [2.75, 3.05) is 0 Å². The summed E-state index contributed by atoms with van der Waals surface area (Å²) in [6.07, 6.45) is -8.31. The molecule has 0 fully saturated rings. The van der Waals surface area contributed by atoms with Crippen LogP contribution in [0.2, 0.25) is 0 Å². The van der Waals surface area contributed by atoms with E-state index in [1.807, 2.05) is 0 Å². The molecule has 8 heteroatoms. The van der Waals surface area contributed by atoms with Gasteiger partial charge in [-0.1, -0.05) is 13.8 Å². The second-order valence-electron chi connectivity index (χ2n) is 4.26. The van der Waals surface area contributed by atoms with Gasteiger partial charge in [0.1, 0.15) is 0 Å². The molecule has 0 aliphatic heterocycles. The van der Waals surface area contributed by atoms with Crippen LogP contribution in [0.4, 0.5) is 13.2 Å². The molecule has 0 aromatic rings. The third-order valence-electron chi connectivity index (χ3n) is 2.27. The second-order valence-corrected chi connectivity index (χ2v) is 4.26. The number of nitrogens with two attached hydrogens (primary N) is 1. The summed E-state index contributed by atoms with van der Waals surface area (Å²) in [4.78, 5) is 21.9. The summed E-state index contributed by atoms with van der Waals surface area (Å²) in [6, 6.07) is -1.58. The molecule has 0 aromatic heterocycles. The van der Waals surface area contributed by atoms with E-state index in [4.69, 9.17) is 10.8 Å². The SMILES string of the molecule is CC(C)C(=O)NC(CCC(N)=O)C(O)C(F)(F)F. The molecule has 0 rings (SSSR count). The molecule has 2 unspecified atom stereocenters. The van der Waals surface area contributed by atoms with Gasteiger partial charge in [0.25, 0.3) is 0 Å². The average molecular weight is 270 g/mol. The van der Waals surface area contributed by atoms with Gasteiger partial charge in [-0.25, -0.2) is 0 Å². The number of carbonyl (C=O) groups excluding carboxylic acids is 2. The smallest absolute Gasteiger partial charge is 0.382 e. The van der Waals surface area contributed by atoms with E-state index in [1.54, 1.807) is 0 Å². The quantitative estimate of drug-likeness (QED) is 0.648. The van der Waals surface area contributed by atoms with Crippen LogP contribution in [-0.2, 0) is 9.59 Å². The Morgan fingerprint density at radius 3 is 2.17 bits per heavy atom. The van der Waals surface area contributed by atoms with Gasteiger partial charge in [-0.05, 0) is 6.42 Å². The minimum absolute atomic E-state index is 0.351. The maximum absolute atomic E-state index is 12.4. The highest BCUT2D eigenvalue weighted by Crippen LogP contribution is 2.24. The predicted octanol–water partition coefficient (Wildman–Crippen LogP) is 0.316. The van der Waals surface area contributed by atoms with Crippen LogP contribution in [-0.4, -0.2) is 35.2 Å². The Morgan fingerprint density at radius 2 is 1.83 bits per heavy atom. The minimum Gasteiger partial charge on any atom is -0.382 e. The van der Waals surface area contributed by atoms with E-state index in [0.717, 1.165) is 0 Å². The molecule has 0 heterocycles. The summed E-state index contributed by atoms with van der Waals surface area (Å²) >= 11 is 0. The lowest BCUT2D eigenvalue weighted by molar-refractivity contribution is -0.212. The molecule has 0 aromatic carbocycles. The van der Waals surface area contributed by atoms with Crippen molar-refractivity contribution in [1.29, 1.82) is 0 Å². The molecule has 0 saturated carbocycles. The fourth-order valence-corrected chi connectivity index (χ4v) is 1.18. The highest BCUT2D eigenvalue weighted by Gasteiger charge is 2.44. The van der Waals surface area contributed by atoms with Crippen molar-refractivity contribution < 1.29 is 27.9 Å². The summed E-state index contributed by atoms with van der Waals surface area (Å²) in [5.41, 5.74) is 4.83. The van der Waals surface area contributed by atoms with Gasteiger partial charge in [-0.15, -0.1) is 0 Å². The lowest BCUT2D eigenvalue weighted by Crippen LogP contribution is -2.51. The monoisotopic (exact) mass is 270 g/mol. The van der Waals surface area contributed by atoms with Gasteiger partial charge in [-0.2, -0.15) is 13.2 Å². The molecule has 106 valence electrons. The lowest BCUT2D eigenvalue weighted by atomic mass is 10.0. The van der Waals surface area contributed by atoms with E-state index in [1.165, 1.54) is 13.8 Å². The number of halogens is 3. The maximum Gasteiger partial charge on any atom is 0.416 e. The number of primary amides is 1. The number of hydrogen-bond acceptors (Lipinski definition) is 3. The van der Waals surface area contributed by atoms with E-state index in [2.05, 4.69) is 5.32 Å². The summed E-state index contributed by atoms with van der Waals surface area (Å²) < 4.78 is 37.1. The molecule has 0 radical (unpaired) electrons. The number of aliphatic hydroxyl groups excluding tert-OH is 1. The van der Waals surface area contributed by atoms with Crippen molar-refractivity contribution in [3.8, 4) is 0 Å². The van der Waals surface area contributed by atoms with Gasteiger partial charge in [0.05, 0.1) is 6.04 Å². The minimum atomic E-state index is -4.87. The first-order valence-corrected chi connectivity index (χ1v) is 5.39. The largest absolute Gasteiger partial charge is 0.416 e. The number of hydrogen-bond donors (Lipinski definition) is 3. The number of alkyl halides is 3. The molecule has 0 bridgehead atoms. The Balaban J connectivity index is 4.71. The van der Waals surface area contributed by atoms with Crippen molar-refractivity contribution >= 4 is 11.8 Å². The average Bonchev–Trinajstić information content (AvgIpc) is 2.20. The molecule has 0 aliphatic rings. The molecule has 0 spiro atoms. The summed E-state index contributed by atoms with van der Waals surface area (Å²) in [5.74, 6) is -1.96. The van der Waals surface area contributed by atoms with E-state index in [0.29, 0.717) is 0 Å². The van der Waals surface area contributed by atoms with E-state index < -0.39 is 36.1 Å². The van der Waals surface area contributed by atoms with E-state index in [-0.39, 0.29) is 12.8 Å². The zero-order valence-corrected chi connectivity index (χ0v) is 10.1. The Bertz CT molecular complexity index is 305. The van der Waals surface area contributed by atoms with Crippen LogP contribution in [0.3, 0.4) is 0 Å². The first-order chi connectivity index (χ1) is 8.05. The topological polar surface area (TPSA) is 92.4 Å². The number of aliphatic hydroxyl groups is 1. The molecule has 4 N–H and O–H groups in total. The highest BCUT2D eigenvalue weighted by atomic mass is 19.4. The van der Waals surface area contributed by atoms with Gasteiger partial charge >= 0.3 is 6.18 Å². The summed E-state index contributed by atoms with van der Waals surface area (Å²) in [6.45, 7) is 3.00. The Kier molecular flexibility index (Phi) is 6.10. The standard InChI is InChI=1S/C10H17F3N2O3/c1-5(2)9(18)15-6(3-4-7(14)16)8(17)10(11,12)13/h5-6,8,17H,3-4H2,1-2H3,(H2,14,16)(H,15,18). The van der Waals surface area contributed by atoms with Crippen molar-refractivity contribution in [3.63, 3.8) is 0 Å². The number of amides is 2. The maximum atomic E-state index is 12.4. The molecular weight excluding hydrogens is 253 g/mol. The van der Waals surface area contributed by atoms with E-state index >= 15 is 0 Å². The Hall–Kier alpha value is -1.31. The molecule has 5 nitrogen and oxygen atoms in total. The fourth-order valence-electron chi connectivity index (χ4n) is 1.18. The summed E-state index contributed by atoms with van der Waals surface area (Å²) in [7, 11) is 0. The molecule has 2 atom stereocenters. The summed E-state index contributed by atoms with van der Waals surface area (Å²) in [5, 5.41) is 11.2. The van der Waals surface area contributed by atoms with Crippen molar-refractivity contribution in [1.82, 2.24) is 5.32 Å². The fraction of sp³-hybridized carbons (Fsp3) is 0.800. The van der Waals surface area contributed by atoms with Crippen LogP contribution < -0.4 is 11.1 Å². The van der Waals surface area contributed by atoms with Gasteiger partial charge in [-0.3, -0.25) is 9.59 Å². The van der Waals surface area contributed by atoms with Crippen LogP contribution >= 0.6 is 0 Å². The molecule has 0 aliphatic carbocycles. The molecule has 0 saturated heterocycles. The highest BCUT2D eigenvalue weighted by molar-refractivity contribution is 5.78. The van der Waals surface area contributed by atoms with Crippen molar-refractivity contribution in [3.05, 3.63) is 0 Å². The Labute approximate surface area is 103 Å². The normalized spacial score (nSPS) is 15.3. The van der Waals surface area contributed by atoms with Crippen molar-refractivity contribution in [2.45, 2.75) is 45.0 Å². The molecule has 18 heavy (non-hydrogen) atoms. The number of rotatable bonds is 6. The third-order valence-corrected chi connectivity index (χ3v) is 2.27. The van der Waals surface area contributed by atoms with Crippen LogP contribution in [0.25, 0.3) is 0 Å². The van der Waals surface area contributed by atoms with Gasteiger partial charge < -0.3 is 16.2 Å². The van der Waals surface area contributed by atoms with Crippen LogP contribution in [0.5, 0.6) is 0 Å². The first-order valence-electron chi connectivity index (χ1n) is 5.39. The van der Waals surface area contributed by atoms with Crippen LogP contribution in [0, 0.1) is 5.92 Å². The van der Waals surface area contributed by atoms with Crippen LogP contribution in [0.1, 0.15) is 26.7 Å². The van der Waals surface area contributed by atoms with Gasteiger partial charge in [0.15, 0.2) is 6.10 Å². The first kappa shape index (κ1) is 16.7. The second kappa shape index (κ2) is 6.58. The molecular formula is C10H17F3N2O3. The molecule has 2 amide bonds. The van der Waals surface area contributed by atoms with Crippen LogP contribution in [0.15, 0.2) is 0 Å². The number of nitrogens with one attached hydrogen (secondary N) is 1. The van der Waals surface area contributed by atoms with E-state index in [9.17, 15) is 22.8 Å². The lowest BCUT2D eigenvalue weighted by Gasteiger charge is -2.26. The van der Waals surface area contributed by atoms with Crippen molar-refractivity contribution in [2.24, 2.45) is 11.7 Å². The predicted molar refractivity (Wildman–Crippen MR) is 57.3 cm³/mol.